The van der Waals surface area contributed by atoms with Crippen LogP contribution in [0.15, 0.2) is 42.0 Å². The van der Waals surface area contributed by atoms with Gasteiger partial charge in [0.1, 0.15) is 5.25 Å². The van der Waals surface area contributed by atoms with Crippen LogP contribution < -0.4 is 4.72 Å². The molecule has 23 heavy (non-hydrogen) atoms. The molecule has 2 N–H and O–H groups in total. The van der Waals surface area contributed by atoms with Crippen molar-refractivity contribution in [3.63, 3.8) is 0 Å². The van der Waals surface area contributed by atoms with Crippen LogP contribution in [0.5, 0.6) is 0 Å². The van der Waals surface area contributed by atoms with Crippen LogP contribution in [-0.2, 0) is 24.3 Å². The molecule has 0 saturated carbocycles. The van der Waals surface area contributed by atoms with Crippen LogP contribution in [0.2, 0.25) is 0 Å². The molecule has 8 heteroatoms. The van der Waals surface area contributed by atoms with Gasteiger partial charge in [-0.2, -0.15) is 0 Å². The number of para-hydroxylation sites is 1. The standard InChI is InChI=1S/C15H17NO6S/c17-14(18)12-10-15(21-8-9-22-15)7-6-13(12)23(19,20)16-11-4-2-1-3-5-11/h1-5,10,13,16H,6-9H2,(H,17,18). The fourth-order valence-electron chi connectivity index (χ4n) is 2.85. The highest BCUT2D eigenvalue weighted by Crippen LogP contribution is 2.37. The maximum absolute atomic E-state index is 12.6. The third-order valence-electron chi connectivity index (χ3n) is 3.91. The normalized spacial score (nSPS) is 23.5. The van der Waals surface area contributed by atoms with Crippen LogP contribution in [0, 0.1) is 0 Å². The van der Waals surface area contributed by atoms with Crippen LogP contribution in [0.3, 0.4) is 0 Å². The van der Waals surface area contributed by atoms with Crippen molar-refractivity contribution in [2.24, 2.45) is 0 Å². The summed E-state index contributed by atoms with van der Waals surface area (Å²) in [6.07, 6.45) is 1.70. The number of hydrogen-bond acceptors (Lipinski definition) is 5. The zero-order valence-corrected chi connectivity index (χ0v) is 13.1. The van der Waals surface area contributed by atoms with E-state index < -0.39 is 27.0 Å². The number of carboxylic acids is 1. The van der Waals surface area contributed by atoms with Crippen molar-refractivity contribution in [2.45, 2.75) is 23.9 Å². The number of benzene rings is 1. The van der Waals surface area contributed by atoms with E-state index in [0.717, 1.165) is 0 Å². The van der Waals surface area contributed by atoms with E-state index in [1.54, 1.807) is 30.3 Å². The molecule has 1 spiro atoms. The molecule has 3 rings (SSSR count). The Morgan fingerprint density at radius 2 is 1.87 bits per heavy atom. The molecular weight excluding hydrogens is 322 g/mol. The summed E-state index contributed by atoms with van der Waals surface area (Å²) in [5.41, 5.74) is 0.174. The zero-order valence-electron chi connectivity index (χ0n) is 12.3. The molecule has 1 fully saturated rings. The van der Waals surface area contributed by atoms with Crippen molar-refractivity contribution in [3.05, 3.63) is 42.0 Å². The molecule has 1 unspecified atom stereocenters. The van der Waals surface area contributed by atoms with Gasteiger partial charge in [0.2, 0.25) is 10.0 Å². The number of aliphatic carboxylic acids is 1. The van der Waals surface area contributed by atoms with Crippen LogP contribution in [0.25, 0.3) is 0 Å². The van der Waals surface area contributed by atoms with Crippen molar-refractivity contribution >= 4 is 21.7 Å². The van der Waals surface area contributed by atoms with Crippen molar-refractivity contribution in [1.29, 1.82) is 0 Å². The molecule has 1 aromatic carbocycles. The van der Waals surface area contributed by atoms with E-state index in [2.05, 4.69) is 4.72 Å². The van der Waals surface area contributed by atoms with Crippen LogP contribution in [0.4, 0.5) is 5.69 Å². The molecule has 0 radical (unpaired) electrons. The lowest BCUT2D eigenvalue weighted by Gasteiger charge is -2.32. The largest absolute Gasteiger partial charge is 0.478 e. The number of carbonyl (C=O) groups is 1. The fraction of sp³-hybridized carbons (Fsp3) is 0.400. The van der Waals surface area contributed by atoms with E-state index in [4.69, 9.17) is 9.47 Å². The Balaban J connectivity index is 1.90. The second kappa shape index (κ2) is 5.95. The molecule has 7 nitrogen and oxygen atoms in total. The summed E-state index contributed by atoms with van der Waals surface area (Å²) in [5, 5.41) is 8.26. The van der Waals surface area contributed by atoms with Crippen LogP contribution in [-0.4, -0.2) is 43.7 Å². The summed E-state index contributed by atoms with van der Waals surface area (Å²) in [5.74, 6) is -2.39. The Kier molecular flexibility index (Phi) is 4.13. The Labute approximate surface area is 134 Å². The lowest BCUT2D eigenvalue weighted by Crippen LogP contribution is -2.41. The smallest absolute Gasteiger partial charge is 0.332 e. The summed E-state index contributed by atoms with van der Waals surface area (Å²) in [7, 11) is -3.89. The monoisotopic (exact) mass is 339 g/mol. The van der Waals surface area contributed by atoms with E-state index >= 15 is 0 Å². The number of anilines is 1. The van der Waals surface area contributed by atoms with Gasteiger partial charge in [-0.1, -0.05) is 18.2 Å². The maximum atomic E-state index is 12.6. The summed E-state index contributed by atoms with van der Waals surface area (Å²) < 4.78 is 38.5. The number of carboxylic acid groups (broad SMARTS) is 1. The molecule has 0 bridgehead atoms. The molecular formula is C15H17NO6S. The summed E-state index contributed by atoms with van der Waals surface area (Å²) in [6.45, 7) is 0.728. The number of ether oxygens (including phenoxy) is 2. The minimum absolute atomic E-state index is 0.111. The van der Waals surface area contributed by atoms with Gasteiger partial charge >= 0.3 is 5.97 Å². The second-order valence-electron chi connectivity index (χ2n) is 5.45. The SMILES string of the molecule is O=C(O)C1=CC2(CCC1S(=O)(=O)Nc1ccccc1)OCCO2. The van der Waals surface area contributed by atoms with Crippen molar-refractivity contribution in [3.8, 4) is 0 Å². The number of sulfonamides is 1. The van der Waals surface area contributed by atoms with Gasteiger partial charge in [-0.3, -0.25) is 4.72 Å². The topological polar surface area (TPSA) is 102 Å². The van der Waals surface area contributed by atoms with Crippen molar-refractivity contribution in [2.75, 3.05) is 17.9 Å². The molecule has 0 amide bonds. The van der Waals surface area contributed by atoms with Gasteiger partial charge in [-0.05, 0) is 24.6 Å². The molecule has 1 heterocycles. The Hall–Kier alpha value is -1.90. The molecule has 1 aromatic rings. The van der Waals surface area contributed by atoms with E-state index in [1.165, 1.54) is 6.08 Å². The summed E-state index contributed by atoms with van der Waals surface area (Å²) in [6, 6.07) is 8.37. The van der Waals surface area contributed by atoms with Crippen molar-refractivity contribution in [1.82, 2.24) is 0 Å². The average molecular weight is 339 g/mol. The minimum atomic E-state index is -3.89. The highest BCUT2D eigenvalue weighted by atomic mass is 32.2. The van der Waals surface area contributed by atoms with E-state index in [-0.39, 0.29) is 12.0 Å². The molecule has 1 saturated heterocycles. The van der Waals surface area contributed by atoms with Crippen molar-refractivity contribution < 1.29 is 27.8 Å². The molecule has 1 atom stereocenters. The van der Waals surface area contributed by atoms with E-state index in [1.807, 2.05) is 0 Å². The number of hydrogen-bond donors (Lipinski definition) is 2. The molecule has 1 aliphatic carbocycles. The van der Waals surface area contributed by atoms with Gasteiger partial charge < -0.3 is 14.6 Å². The first-order valence-corrected chi connectivity index (χ1v) is 8.77. The first kappa shape index (κ1) is 16.0. The molecule has 1 aliphatic heterocycles. The summed E-state index contributed by atoms with van der Waals surface area (Å²) in [4.78, 5) is 11.5. The van der Waals surface area contributed by atoms with Crippen LogP contribution in [0.1, 0.15) is 12.8 Å². The first-order chi connectivity index (χ1) is 10.9. The average Bonchev–Trinajstić information content (AvgIpc) is 2.95. The van der Waals surface area contributed by atoms with Gasteiger partial charge in [0.25, 0.3) is 0 Å². The predicted octanol–water partition coefficient (Wildman–Crippen LogP) is 1.34. The third-order valence-corrected chi connectivity index (χ3v) is 5.67. The first-order valence-electron chi connectivity index (χ1n) is 7.22. The maximum Gasteiger partial charge on any atom is 0.332 e. The summed E-state index contributed by atoms with van der Waals surface area (Å²) >= 11 is 0. The Morgan fingerprint density at radius 1 is 1.22 bits per heavy atom. The van der Waals surface area contributed by atoms with E-state index in [9.17, 15) is 18.3 Å². The fourth-order valence-corrected chi connectivity index (χ4v) is 4.39. The molecule has 2 aliphatic rings. The molecule has 124 valence electrons. The van der Waals surface area contributed by atoms with Gasteiger partial charge in [-0.15, -0.1) is 0 Å². The lowest BCUT2D eigenvalue weighted by atomic mass is 9.94. The second-order valence-corrected chi connectivity index (χ2v) is 7.32. The van der Waals surface area contributed by atoms with Gasteiger partial charge in [0, 0.05) is 12.1 Å². The van der Waals surface area contributed by atoms with Gasteiger partial charge in [0.15, 0.2) is 5.79 Å². The number of nitrogens with one attached hydrogen (secondary N) is 1. The molecule has 0 aromatic heterocycles. The van der Waals surface area contributed by atoms with E-state index in [0.29, 0.717) is 25.3 Å². The Morgan fingerprint density at radius 3 is 2.48 bits per heavy atom. The van der Waals surface area contributed by atoms with Gasteiger partial charge in [0.05, 0.1) is 18.8 Å². The van der Waals surface area contributed by atoms with Gasteiger partial charge in [-0.25, -0.2) is 13.2 Å². The minimum Gasteiger partial charge on any atom is -0.478 e. The highest BCUT2D eigenvalue weighted by Gasteiger charge is 2.45. The third kappa shape index (κ3) is 3.24. The quantitative estimate of drug-likeness (QED) is 0.858. The van der Waals surface area contributed by atoms with Crippen LogP contribution >= 0.6 is 0 Å². The zero-order chi connectivity index (χ0) is 16.5. The highest BCUT2D eigenvalue weighted by molar-refractivity contribution is 7.93. The Bertz CT molecular complexity index is 722. The lowest BCUT2D eigenvalue weighted by molar-refractivity contribution is -0.138. The predicted molar refractivity (Wildman–Crippen MR) is 82.4 cm³/mol. The number of rotatable bonds is 4.